The molecule has 0 rings (SSSR count). The van der Waals surface area contributed by atoms with Crippen molar-refractivity contribution in [1.82, 2.24) is 0 Å². The maximum atomic E-state index is 10.8. The average molecular weight is 233 g/mol. The number of rotatable bonds is 0. The van der Waals surface area contributed by atoms with E-state index in [9.17, 15) is 26.3 Å². The van der Waals surface area contributed by atoms with Crippen LogP contribution in [-0.4, -0.2) is 0 Å². The lowest BCUT2D eigenvalue weighted by Gasteiger charge is -1.72. The Balaban J connectivity index is 0. The first-order valence-electron chi connectivity index (χ1n) is 2.01. The van der Waals surface area contributed by atoms with E-state index in [-0.39, 0.29) is 0 Å². The first-order chi connectivity index (χ1) is 5.29. The van der Waals surface area contributed by atoms with Crippen molar-refractivity contribution in [1.29, 1.82) is 0 Å². The van der Waals surface area contributed by atoms with Crippen molar-refractivity contribution in [2.75, 3.05) is 0 Å². The summed E-state index contributed by atoms with van der Waals surface area (Å²) in [5.41, 5.74) is 0. The Morgan fingerprint density at radius 3 is 0.750 bits per heavy atom. The van der Waals surface area contributed by atoms with E-state index in [4.69, 9.17) is 0 Å². The SMILES string of the molecule is FC(F)=C(Cl)Cl.FC(F)=C(F)F. The van der Waals surface area contributed by atoms with Gasteiger partial charge in [-0.05, 0) is 0 Å². The van der Waals surface area contributed by atoms with Crippen LogP contribution in [-0.2, 0) is 0 Å². The summed E-state index contributed by atoms with van der Waals surface area (Å²) >= 11 is 9.02. The van der Waals surface area contributed by atoms with Gasteiger partial charge in [-0.1, -0.05) is 23.2 Å². The second-order valence-corrected chi connectivity index (χ2v) is 1.99. The zero-order chi connectivity index (χ0) is 10.3. The minimum atomic E-state index is -2.91. The maximum absolute atomic E-state index is 10.8. The molecule has 0 heterocycles. The molecule has 0 nitrogen and oxygen atoms in total. The third-order valence-corrected chi connectivity index (χ3v) is 0.571. The average Bonchev–Trinajstić information content (AvgIpc) is 1.88. The molecule has 12 heavy (non-hydrogen) atoms. The molecule has 0 aliphatic rings. The van der Waals surface area contributed by atoms with Crippen molar-refractivity contribution < 1.29 is 26.3 Å². The smallest absolute Gasteiger partial charge is 0.171 e. The first-order valence-corrected chi connectivity index (χ1v) is 2.77. The molecule has 72 valence electrons. The summed E-state index contributed by atoms with van der Waals surface area (Å²) in [6.07, 6.45) is -7.86. The van der Waals surface area contributed by atoms with Gasteiger partial charge in [0.15, 0.2) is 4.49 Å². The van der Waals surface area contributed by atoms with E-state index in [0.29, 0.717) is 0 Å². The highest BCUT2D eigenvalue weighted by atomic mass is 35.5. The highest BCUT2D eigenvalue weighted by Crippen LogP contribution is 2.14. The van der Waals surface area contributed by atoms with Crippen molar-refractivity contribution >= 4 is 23.2 Å². The lowest BCUT2D eigenvalue weighted by Crippen LogP contribution is -1.56. The molecule has 0 aromatic rings. The van der Waals surface area contributed by atoms with E-state index in [1.54, 1.807) is 0 Å². The Kier molecular flexibility index (Phi) is 8.62. The van der Waals surface area contributed by atoms with Gasteiger partial charge in [-0.3, -0.25) is 0 Å². The molecule has 0 atom stereocenters. The van der Waals surface area contributed by atoms with Gasteiger partial charge in [-0.25, -0.2) is 0 Å². The fourth-order valence-electron chi connectivity index (χ4n) is 0. The molecule has 8 heteroatoms. The van der Waals surface area contributed by atoms with Crippen LogP contribution in [0.1, 0.15) is 0 Å². The van der Waals surface area contributed by atoms with Gasteiger partial charge >= 0.3 is 12.2 Å². The Morgan fingerprint density at radius 1 is 0.583 bits per heavy atom. The largest absolute Gasteiger partial charge is 0.334 e. The van der Waals surface area contributed by atoms with Crippen molar-refractivity contribution in [2.24, 2.45) is 0 Å². The molecule has 0 radical (unpaired) electrons. The summed E-state index contributed by atoms with van der Waals surface area (Å²) in [5.74, 6) is 0. The molecule has 0 aromatic heterocycles. The van der Waals surface area contributed by atoms with Crippen molar-refractivity contribution in [3.63, 3.8) is 0 Å². The standard InChI is InChI=1S/C2Cl2F2.C2F4/c2*3-1(4)2(5)6. The Labute approximate surface area is 73.1 Å². The molecule has 0 aromatic carbocycles. The summed E-state index contributed by atoms with van der Waals surface area (Å²) in [4.78, 5) is 0. The van der Waals surface area contributed by atoms with Crippen LogP contribution < -0.4 is 0 Å². The highest BCUT2D eigenvalue weighted by Gasteiger charge is 1.98. The van der Waals surface area contributed by atoms with Crippen LogP contribution in [0.2, 0.25) is 0 Å². The topological polar surface area (TPSA) is 0 Å². The first kappa shape index (κ1) is 14.2. The molecule has 0 fully saturated rings. The second kappa shape index (κ2) is 7.30. The van der Waals surface area contributed by atoms with Gasteiger partial charge in [0, 0.05) is 0 Å². The fraction of sp³-hybridized carbons (Fsp3) is 0. The van der Waals surface area contributed by atoms with Crippen LogP contribution in [0, 0.1) is 0 Å². The normalized spacial score (nSPS) is 8.00. The minimum Gasteiger partial charge on any atom is -0.171 e. The van der Waals surface area contributed by atoms with Gasteiger partial charge in [0.1, 0.15) is 0 Å². The quantitative estimate of drug-likeness (QED) is 0.539. The molecule has 0 N–H and O–H groups in total. The van der Waals surface area contributed by atoms with E-state index >= 15 is 0 Å². The highest BCUT2D eigenvalue weighted by molar-refractivity contribution is 6.56. The van der Waals surface area contributed by atoms with Gasteiger partial charge in [0.05, 0.1) is 0 Å². The Morgan fingerprint density at radius 2 is 0.750 bits per heavy atom. The summed E-state index contributed by atoms with van der Waals surface area (Å²) in [5, 5.41) is 0. The van der Waals surface area contributed by atoms with Crippen LogP contribution in [0.25, 0.3) is 0 Å². The molecular weight excluding hydrogens is 233 g/mol. The van der Waals surface area contributed by atoms with E-state index in [2.05, 4.69) is 23.2 Å². The van der Waals surface area contributed by atoms with Crippen molar-refractivity contribution in [3.8, 4) is 0 Å². The maximum Gasteiger partial charge on any atom is 0.334 e. The van der Waals surface area contributed by atoms with Crippen LogP contribution in [0.5, 0.6) is 0 Å². The van der Waals surface area contributed by atoms with E-state index in [1.807, 2.05) is 0 Å². The van der Waals surface area contributed by atoms with Crippen molar-refractivity contribution in [2.45, 2.75) is 0 Å². The predicted octanol–water partition coefficient (Wildman–Crippen LogP) is 4.52. The summed E-state index contributed by atoms with van der Waals surface area (Å²) in [6.45, 7) is 0. The van der Waals surface area contributed by atoms with E-state index < -0.39 is 22.7 Å². The molecule has 0 amide bonds. The summed E-state index contributed by atoms with van der Waals surface area (Å²) in [7, 11) is 0. The molecule has 0 saturated carbocycles. The third kappa shape index (κ3) is 12.3. The van der Waals surface area contributed by atoms with E-state index in [1.165, 1.54) is 0 Å². The zero-order valence-corrected chi connectivity index (χ0v) is 6.54. The minimum absolute atomic E-state index is 0.963. The Hall–Kier alpha value is -0.360. The number of hydrogen-bond donors (Lipinski definition) is 0. The molecule has 0 saturated heterocycles. The van der Waals surface area contributed by atoms with Crippen LogP contribution in [0.3, 0.4) is 0 Å². The molecular formula is C4Cl2F6. The van der Waals surface area contributed by atoms with Crippen LogP contribution >= 0.6 is 23.2 Å². The molecule has 0 aliphatic carbocycles. The second-order valence-electron chi connectivity index (χ2n) is 1.04. The monoisotopic (exact) mass is 232 g/mol. The van der Waals surface area contributed by atoms with Gasteiger partial charge in [0.2, 0.25) is 0 Å². The third-order valence-electron chi connectivity index (χ3n) is 0.286. The zero-order valence-electron chi connectivity index (χ0n) is 5.02. The van der Waals surface area contributed by atoms with Gasteiger partial charge in [-0.2, -0.15) is 26.3 Å². The number of halogens is 8. The van der Waals surface area contributed by atoms with Gasteiger partial charge in [-0.15, -0.1) is 0 Å². The van der Waals surface area contributed by atoms with Gasteiger partial charge in [0.25, 0.3) is 6.08 Å². The van der Waals surface area contributed by atoms with Crippen molar-refractivity contribution in [3.05, 3.63) is 22.7 Å². The molecule has 0 aliphatic heterocycles. The number of hydrogen-bond acceptors (Lipinski definition) is 0. The Bertz CT molecular complexity index is 140. The summed E-state index contributed by atoms with van der Waals surface area (Å²) < 4.78 is 61.7. The molecule has 0 bridgehead atoms. The molecule has 0 unspecified atom stereocenters. The molecule has 0 spiro atoms. The van der Waals surface area contributed by atoms with Crippen LogP contribution in [0.4, 0.5) is 26.3 Å². The summed E-state index contributed by atoms with van der Waals surface area (Å²) in [6, 6.07) is 0. The fourth-order valence-corrected chi connectivity index (χ4v) is 0. The van der Waals surface area contributed by atoms with Gasteiger partial charge < -0.3 is 0 Å². The van der Waals surface area contributed by atoms with E-state index in [0.717, 1.165) is 0 Å². The predicted molar refractivity (Wildman–Crippen MR) is 32.4 cm³/mol. The van der Waals surface area contributed by atoms with Crippen LogP contribution in [0.15, 0.2) is 22.7 Å². The lowest BCUT2D eigenvalue weighted by atomic mass is 11.1. The lowest BCUT2D eigenvalue weighted by molar-refractivity contribution is 0.308.